The third-order valence-electron chi connectivity index (χ3n) is 2.49. The second kappa shape index (κ2) is 5.64. The Morgan fingerprint density at radius 1 is 1.00 bits per heavy atom. The Morgan fingerprint density at radius 2 is 1.65 bits per heavy atom. The Bertz CT molecular complexity index is 793. The van der Waals surface area contributed by atoms with Crippen LogP contribution in [0.1, 0.15) is 11.3 Å². The van der Waals surface area contributed by atoms with Crippen molar-refractivity contribution in [2.45, 2.75) is 11.5 Å². The van der Waals surface area contributed by atoms with Gasteiger partial charge in [-0.1, -0.05) is 23.7 Å². The van der Waals surface area contributed by atoms with Crippen LogP contribution in [-0.4, -0.2) is 18.4 Å². The van der Waals surface area contributed by atoms with E-state index in [0.29, 0.717) is 10.6 Å². The van der Waals surface area contributed by atoms with Crippen LogP contribution in [-0.2, 0) is 21.3 Å². The number of hydrogen-bond acceptors (Lipinski definition) is 4. The molecule has 0 aliphatic heterocycles. The predicted octanol–water partition coefficient (Wildman–Crippen LogP) is 0.832. The lowest BCUT2D eigenvalue weighted by molar-refractivity contribution is 0.593. The number of rotatable bonds is 4. The molecule has 1 heterocycles. The van der Waals surface area contributed by atoms with Crippen molar-refractivity contribution in [3.05, 3.63) is 67.4 Å². The molecule has 2 aromatic rings. The fraction of sp³-hybridized carbons (Fsp3) is 0.167. The molecule has 1 aromatic heterocycles. The van der Waals surface area contributed by atoms with Gasteiger partial charge in [-0.3, -0.25) is 9.78 Å². The first-order valence-electron chi connectivity index (χ1n) is 5.61. The monoisotopic (exact) mass is 314 g/mol. The van der Waals surface area contributed by atoms with E-state index in [0.717, 1.165) is 6.07 Å². The van der Waals surface area contributed by atoms with Crippen molar-refractivity contribution in [3.63, 3.8) is 0 Å². The summed E-state index contributed by atoms with van der Waals surface area (Å²) in [5.74, 6) is -0.603. The molecule has 2 rings (SSSR count). The fourth-order valence-corrected chi connectivity index (χ4v) is 3.28. The molecule has 1 aromatic carbocycles. The SMILES string of the molecule is O=c1cc(CS(=O)(=O)Cc2ccc(Cl)cc2)[nH]c(=O)[nH]1. The molecule has 0 saturated heterocycles. The lowest BCUT2D eigenvalue weighted by Gasteiger charge is -2.04. The topological polar surface area (TPSA) is 99.9 Å². The second-order valence-corrected chi connectivity index (χ2v) is 6.77. The molecule has 6 nitrogen and oxygen atoms in total. The van der Waals surface area contributed by atoms with Gasteiger partial charge in [0.15, 0.2) is 9.84 Å². The maximum absolute atomic E-state index is 12.0. The summed E-state index contributed by atoms with van der Waals surface area (Å²) < 4.78 is 24.0. The molecule has 8 heteroatoms. The van der Waals surface area contributed by atoms with Crippen LogP contribution in [0.5, 0.6) is 0 Å². The Morgan fingerprint density at radius 3 is 2.25 bits per heavy atom. The largest absolute Gasteiger partial charge is 0.325 e. The molecule has 0 aliphatic carbocycles. The summed E-state index contributed by atoms with van der Waals surface area (Å²) in [5.41, 5.74) is -0.714. The van der Waals surface area contributed by atoms with Crippen molar-refractivity contribution in [2.24, 2.45) is 0 Å². The number of aromatic nitrogens is 2. The van der Waals surface area contributed by atoms with E-state index in [-0.39, 0.29) is 11.4 Å². The van der Waals surface area contributed by atoms with Crippen LogP contribution in [0.3, 0.4) is 0 Å². The first kappa shape index (κ1) is 14.5. The van der Waals surface area contributed by atoms with Crippen LogP contribution >= 0.6 is 11.6 Å². The van der Waals surface area contributed by atoms with Gasteiger partial charge >= 0.3 is 5.69 Å². The summed E-state index contributed by atoms with van der Waals surface area (Å²) in [6.45, 7) is 0. The molecule has 0 atom stereocenters. The van der Waals surface area contributed by atoms with E-state index in [1.165, 1.54) is 0 Å². The first-order chi connectivity index (χ1) is 9.34. The highest BCUT2D eigenvalue weighted by Gasteiger charge is 2.14. The van der Waals surface area contributed by atoms with Crippen molar-refractivity contribution in [1.82, 2.24) is 9.97 Å². The average Bonchev–Trinajstić information content (AvgIpc) is 2.29. The number of halogens is 1. The minimum Gasteiger partial charge on any atom is -0.310 e. The van der Waals surface area contributed by atoms with Crippen LogP contribution in [0.4, 0.5) is 0 Å². The van der Waals surface area contributed by atoms with Gasteiger partial charge in [-0.05, 0) is 17.7 Å². The van der Waals surface area contributed by atoms with Crippen LogP contribution in [0.25, 0.3) is 0 Å². The molecule has 106 valence electrons. The Balaban J connectivity index is 2.21. The summed E-state index contributed by atoms with van der Waals surface area (Å²) in [7, 11) is -3.50. The Labute approximate surface area is 119 Å². The lowest BCUT2D eigenvalue weighted by atomic mass is 10.2. The van der Waals surface area contributed by atoms with E-state index in [2.05, 4.69) is 4.98 Å². The van der Waals surface area contributed by atoms with Crippen LogP contribution in [0.15, 0.2) is 39.9 Å². The second-order valence-electron chi connectivity index (χ2n) is 4.27. The molecule has 0 bridgehead atoms. The van der Waals surface area contributed by atoms with Crippen LogP contribution in [0.2, 0.25) is 5.02 Å². The fourth-order valence-electron chi connectivity index (χ4n) is 1.72. The van der Waals surface area contributed by atoms with Gasteiger partial charge in [-0.25, -0.2) is 13.2 Å². The van der Waals surface area contributed by atoms with E-state index in [1.807, 2.05) is 4.98 Å². The number of H-pyrrole nitrogens is 2. The normalized spacial score (nSPS) is 11.4. The van der Waals surface area contributed by atoms with Crippen LogP contribution in [0, 0.1) is 0 Å². The van der Waals surface area contributed by atoms with Gasteiger partial charge in [0, 0.05) is 16.8 Å². The quantitative estimate of drug-likeness (QED) is 0.873. The lowest BCUT2D eigenvalue weighted by Crippen LogP contribution is -2.24. The summed E-state index contributed by atoms with van der Waals surface area (Å²) in [4.78, 5) is 26.4. The predicted molar refractivity (Wildman–Crippen MR) is 75.5 cm³/mol. The number of nitrogens with one attached hydrogen (secondary N) is 2. The molecule has 0 amide bonds. The third kappa shape index (κ3) is 4.07. The van der Waals surface area contributed by atoms with Crippen molar-refractivity contribution in [3.8, 4) is 0 Å². The van der Waals surface area contributed by atoms with E-state index in [4.69, 9.17) is 11.6 Å². The zero-order valence-electron chi connectivity index (χ0n) is 10.2. The Kier molecular flexibility index (Phi) is 4.10. The average molecular weight is 315 g/mol. The smallest absolute Gasteiger partial charge is 0.310 e. The van der Waals surface area contributed by atoms with Gasteiger partial charge in [-0.2, -0.15) is 0 Å². The highest BCUT2D eigenvalue weighted by Crippen LogP contribution is 2.13. The van der Waals surface area contributed by atoms with E-state index >= 15 is 0 Å². The number of aromatic amines is 2. The van der Waals surface area contributed by atoms with Gasteiger partial charge in [-0.15, -0.1) is 0 Å². The number of benzene rings is 1. The summed E-state index contributed by atoms with van der Waals surface area (Å²) in [6.07, 6.45) is 0. The summed E-state index contributed by atoms with van der Waals surface area (Å²) in [5, 5.41) is 0.519. The minimum absolute atomic E-state index is 0.0627. The van der Waals surface area contributed by atoms with Gasteiger partial charge in [0.1, 0.15) is 0 Å². The van der Waals surface area contributed by atoms with Crippen molar-refractivity contribution < 1.29 is 8.42 Å². The highest BCUT2D eigenvalue weighted by atomic mass is 35.5. The third-order valence-corrected chi connectivity index (χ3v) is 4.27. The van der Waals surface area contributed by atoms with Crippen molar-refractivity contribution >= 4 is 21.4 Å². The molecular formula is C12H11ClN2O4S. The zero-order valence-corrected chi connectivity index (χ0v) is 11.8. The van der Waals surface area contributed by atoms with E-state index in [1.54, 1.807) is 24.3 Å². The van der Waals surface area contributed by atoms with Gasteiger partial charge in [0.05, 0.1) is 11.5 Å². The number of sulfone groups is 1. The zero-order chi connectivity index (χ0) is 14.8. The molecule has 0 fully saturated rings. The summed E-state index contributed by atoms with van der Waals surface area (Å²) in [6, 6.07) is 7.48. The first-order valence-corrected chi connectivity index (χ1v) is 7.81. The highest BCUT2D eigenvalue weighted by molar-refractivity contribution is 7.89. The van der Waals surface area contributed by atoms with Crippen molar-refractivity contribution in [2.75, 3.05) is 0 Å². The minimum atomic E-state index is -3.50. The molecule has 2 N–H and O–H groups in total. The Hall–Kier alpha value is -1.86. The molecule has 0 radical (unpaired) electrons. The maximum Gasteiger partial charge on any atom is 0.325 e. The molecule has 0 saturated carbocycles. The molecular weight excluding hydrogens is 304 g/mol. The number of hydrogen-bond donors (Lipinski definition) is 2. The van der Waals surface area contributed by atoms with E-state index < -0.39 is 26.8 Å². The standard InChI is InChI=1S/C12H11ClN2O4S/c13-9-3-1-8(2-4-9)6-20(18,19)7-10-5-11(16)15-12(17)14-10/h1-5H,6-7H2,(H2,14,15,16,17). The molecule has 0 spiro atoms. The molecule has 0 unspecified atom stereocenters. The molecule has 20 heavy (non-hydrogen) atoms. The van der Waals surface area contributed by atoms with Gasteiger partial charge in [0.2, 0.25) is 0 Å². The van der Waals surface area contributed by atoms with Gasteiger partial charge < -0.3 is 4.98 Å². The maximum atomic E-state index is 12.0. The van der Waals surface area contributed by atoms with Crippen LogP contribution < -0.4 is 11.2 Å². The molecule has 0 aliphatic rings. The van der Waals surface area contributed by atoms with E-state index in [9.17, 15) is 18.0 Å². The van der Waals surface area contributed by atoms with Crippen molar-refractivity contribution in [1.29, 1.82) is 0 Å². The van der Waals surface area contributed by atoms with Gasteiger partial charge in [0.25, 0.3) is 5.56 Å². The summed E-state index contributed by atoms with van der Waals surface area (Å²) >= 11 is 5.72.